The minimum absolute atomic E-state index is 0.259. The molecule has 2 aromatic heterocycles. The molecule has 0 atom stereocenters. The van der Waals surface area contributed by atoms with Crippen LogP contribution in [0.25, 0.3) is 11.2 Å². The number of hydrogen-bond donors (Lipinski definition) is 0. The first-order valence-corrected chi connectivity index (χ1v) is 7.22. The van der Waals surface area contributed by atoms with Gasteiger partial charge >= 0.3 is 0 Å². The molecule has 0 unspecified atom stereocenters. The number of rotatable bonds is 2. The second kappa shape index (κ2) is 5.15. The van der Waals surface area contributed by atoms with Crippen LogP contribution in [0.2, 0.25) is 0 Å². The van der Waals surface area contributed by atoms with Crippen LogP contribution in [-0.2, 0) is 7.05 Å². The molecule has 0 spiro atoms. The van der Waals surface area contributed by atoms with Crippen LogP contribution in [0, 0.1) is 11.8 Å². The maximum absolute atomic E-state index is 5.85. The number of hydrogen-bond acceptors (Lipinski definition) is 4. The summed E-state index contributed by atoms with van der Waals surface area (Å²) in [5.41, 5.74) is 2.36. The van der Waals surface area contributed by atoms with E-state index in [1.54, 1.807) is 6.33 Å². The molecule has 1 aromatic carbocycles. The number of fused-ring (bicyclic) bond motifs is 1. The topological polar surface area (TPSA) is 52.8 Å². The molecule has 1 aliphatic carbocycles. The van der Waals surface area contributed by atoms with Crippen LogP contribution in [0.3, 0.4) is 0 Å². The lowest BCUT2D eigenvalue weighted by Gasteiger charge is -2.04. The molecule has 2 heterocycles. The van der Waals surface area contributed by atoms with E-state index in [4.69, 9.17) is 4.74 Å². The van der Waals surface area contributed by atoms with Gasteiger partial charge in [-0.3, -0.25) is 0 Å². The summed E-state index contributed by atoms with van der Waals surface area (Å²) < 4.78 is 7.70. The highest BCUT2D eigenvalue weighted by Gasteiger charge is 2.26. The highest BCUT2D eigenvalue weighted by atomic mass is 16.5. The van der Waals surface area contributed by atoms with Crippen LogP contribution in [0.5, 0.6) is 5.88 Å². The number of nitrogens with zero attached hydrogens (tertiary/aromatic N) is 4. The zero-order valence-corrected chi connectivity index (χ0v) is 12.2. The van der Waals surface area contributed by atoms with E-state index in [2.05, 4.69) is 26.8 Å². The Morgan fingerprint density at radius 2 is 1.95 bits per heavy atom. The van der Waals surface area contributed by atoms with E-state index in [1.165, 1.54) is 0 Å². The molecule has 1 fully saturated rings. The minimum atomic E-state index is 0.259. The predicted molar refractivity (Wildman–Crippen MR) is 82.4 cm³/mol. The number of imidazole rings is 1. The molecule has 0 aliphatic heterocycles. The van der Waals surface area contributed by atoms with Crippen molar-refractivity contribution in [1.29, 1.82) is 0 Å². The van der Waals surface area contributed by atoms with Crippen molar-refractivity contribution in [2.24, 2.45) is 7.05 Å². The van der Waals surface area contributed by atoms with E-state index in [-0.39, 0.29) is 6.10 Å². The Morgan fingerprint density at radius 1 is 1.14 bits per heavy atom. The summed E-state index contributed by atoms with van der Waals surface area (Å²) in [6.45, 7) is 0. The molecule has 0 bridgehead atoms. The first-order chi connectivity index (χ1) is 10.8. The summed E-state index contributed by atoms with van der Waals surface area (Å²) >= 11 is 0. The lowest BCUT2D eigenvalue weighted by molar-refractivity contribution is 0.294. The van der Waals surface area contributed by atoms with Crippen LogP contribution in [-0.4, -0.2) is 25.6 Å². The Bertz CT molecular complexity index is 885. The van der Waals surface area contributed by atoms with Crippen LogP contribution in [0.4, 0.5) is 0 Å². The second-order valence-corrected chi connectivity index (χ2v) is 5.31. The average Bonchev–Trinajstić information content (AvgIpc) is 3.29. The van der Waals surface area contributed by atoms with E-state index in [9.17, 15) is 0 Å². The Kier molecular flexibility index (Phi) is 3.01. The fourth-order valence-electron chi connectivity index (χ4n) is 2.11. The third kappa shape index (κ3) is 2.51. The molecule has 5 heteroatoms. The van der Waals surface area contributed by atoms with Crippen molar-refractivity contribution in [3.8, 4) is 17.7 Å². The number of ether oxygens (including phenoxy) is 1. The van der Waals surface area contributed by atoms with Crippen molar-refractivity contribution < 1.29 is 4.74 Å². The standard InChI is InChI=1S/C17H14N4O/c1-21-11-18-15-16(21)19-14(20-17(15)22-13-8-9-13)10-7-12-5-3-2-4-6-12/h2-6,11,13H,8-9H2,1H3. The summed E-state index contributed by atoms with van der Waals surface area (Å²) in [7, 11) is 1.90. The lowest BCUT2D eigenvalue weighted by atomic mass is 10.2. The fourth-order valence-corrected chi connectivity index (χ4v) is 2.11. The molecule has 22 heavy (non-hydrogen) atoms. The zero-order valence-electron chi connectivity index (χ0n) is 12.2. The average molecular weight is 290 g/mol. The number of aromatic nitrogens is 4. The van der Waals surface area contributed by atoms with Gasteiger partial charge in [0.05, 0.1) is 6.33 Å². The third-order valence-electron chi connectivity index (χ3n) is 3.42. The first kappa shape index (κ1) is 12.8. The molecule has 4 rings (SSSR count). The highest BCUT2D eigenvalue weighted by Crippen LogP contribution is 2.29. The van der Waals surface area contributed by atoms with E-state index in [1.807, 2.05) is 41.9 Å². The van der Waals surface area contributed by atoms with Crippen LogP contribution < -0.4 is 4.74 Å². The first-order valence-electron chi connectivity index (χ1n) is 7.22. The smallest absolute Gasteiger partial charge is 0.246 e. The molecule has 108 valence electrons. The SMILES string of the molecule is Cn1cnc2c(OC3CC3)nc(C#Cc3ccccc3)nc21. The summed E-state index contributed by atoms with van der Waals surface area (Å²) in [6.07, 6.45) is 4.12. The van der Waals surface area contributed by atoms with Crippen LogP contribution in [0.1, 0.15) is 24.2 Å². The zero-order chi connectivity index (χ0) is 14.9. The van der Waals surface area contributed by atoms with Crippen LogP contribution >= 0.6 is 0 Å². The summed E-state index contributed by atoms with van der Waals surface area (Å²) in [5.74, 6) is 7.07. The van der Waals surface area contributed by atoms with Gasteiger partial charge in [0.15, 0.2) is 11.2 Å². The van der Waals surface area contributed by atoms with Gasteiger partial charge in [-0.2, -0.15) is 4.98 Å². The molecular formula is C17H14N4O. The van der Waals surface area contributed by atoms with Gasteiger partial charge in [-0.05, 0) is 30.9 Å². The maximum atomic E-state index is 5.85. The van der Waals surface area contributed by atoms with Gasteiger partial charge in [0.25, 0.3) is 0 Å². The maximum Gasteiger partial charge on any atom is 0.246 e. The van der Waals surface area contributed by atoms with E-state index >= 15 is 0 Å². The van der Waals surface area contributed by atoms with Gasteiger partial charge in [0.2, 0.25) is 11.7 Å². The van der Waals surface area contributed by atoms with Crippen molar-refractivity contribution in [3.63, 3.8) is 0 Å². The van der Waals surface area contributed by atoms with Crippen LogP contribution in [0.15, 0.2) is 36.7 Å². The predicted octanol–water partition coefficient (Wildman–Crippen LogP) is 2.30. The molecule has 5 nitrogen and oxygen atoms in total. The monoisotopic (exact) mass is 290 g/mol. The molecule has 1 aliphatic rings. The van der Waals surface area contributed by atoms with Gasteiger partial charge in [-0.1, -0.05) is 24.1 Å². The Balaban J connectivity index is 1.77. The second-order valence-electron chi connectivity index (χ2n) is 5.31. The fraction of sp³-hybridized carbons (Fsp3) is 0.235. The molecule has 0 radical (unpaired) electrons. The summed E-state index contributed by atoms with van der Waals surface area (Å²) in [5, 5.41) is 0. The van der Waals surface area contributed by atoms with Gasteiger partial charge in [-0.25, -0.2) is 9.97 Å². The van der Waals surface area contributed by atoms with Crippen molar-refractivity contribution in [1.82, 2.24) is 19.5 Å². The largest absolute Gasteiger partial charge is 0.473 e. The van der Waals surface area contributed by atoms with E-state index < -0.39 is 0 Å². The Labute approximate surface area is 128 Å². The number of aryl methyl sites for hydroxylation is 1. The third-order valence-corrected chi connectivity index (χ3v) is 3.42. The summed E-state index contributed by atoms with van der Waals surface area (Å²) in [6, 6.07) is 9.78. The molecular weight excluding hydrogens is 276 g/mol. The van der Waals surface area contributed by atoms with Gasteiger partial charge in [-0.15, -0.1) is 0 Å². The molecule has 0 amide bonds. The van der Waals surface area contributed by atoms with Gasteiger partial charge < -0.3 is 9.30 Å². The van der Waals surface area contributed by atoms with Crippen molar-refractivity contribution in [2.75, 3.05) is 0 Å². The van der Waals surface area contributed by atoms with Crippen molar-refractivity contribution in [2.45, 2.75) is 18.9 Å². The molecule has 3 aromatic rings. The van der Waals surface area contributed by atoms with Crippen molar-refractivity contribution >= 4 is 11.2 Å². The number of benzene rings is 1. The molecule has 0 saturated heterocycles. The lowest BCUT2D eigenvalue weighted by Crippen LogP contribution is -2.03. The van der Waals surface area contributed by atoms with Gasteiger partial charge in [0, 0.05) is 12.6 Å². The minimum Gasteiger partial charge on any atom is -0.473 e. The highest BCUT2D eigenvalue weighted by molar-refractivity contribution is 5.76. The normalized spacial score (nSPS) is 13.7. The van der Waals surface area contributed by atoms with Gasteiger partial charge in [0.1, 0.15) is 6.10 Å². The van der Waals surface area contributed by atoms with Crippen molar-refractivity contribution in [3.05, 3.63) is 48.0 Å². The van der Waals surface area contributed by atoms with E-state index in [0.717, 1.165) is 24.1 Å². The molecule has 0 N–H and O–H groups in total. The Hall–Kier alpha value is -2.87. The quantitative estimate of drug-likeness (QED) is 0.680. The van der Waals surface area contributed by atoms with E-state index in [0.29, 0.717) is 17.2 Å². The Morgan fingerprint density at radius 3 is 2.73 bits per heavy atom. The molecule has 1 saturated carbocycles. The summed E-state index contributed by atoms with van der Waals surface area (Å²) in [4.78, 5) is 13.2.